The van der Waals surface area contributed by atoms with E-state index in [1.54, 1.807) is 41.7 Å². The molecular weight excluding hydrogens is 393 g/mol. The van der Waals surface area contributed by atoms with Crippen molar-refractivity contribution < 1.29 is 18.7 Å². The van der Waals surface area contributed by atoms with E-state index in [0.717, 1.165) is 16.3 Å². The standard InChI is InChI=1S/C21H18FN3O3S/c1-14-23-16(13-29-14)12-28-17-9-6-15(7-10-17)8-11-20(26)24-25-21(27)18-4-2-3-5-19(18)22/h2-11,13H,12H2,1H3,(H,24,26)(H,25,27)/b11-8+. The lowest BCUT2D eigenvalue weighted by atomic mass is 10.2. The zero-order valence-electron chi connectivity index (χ0n) is 15.5. The Labute approximate surface area is 171 Å². The molecule has 0 aliphatic heterocycles. The Kier molecular flexibility index (Phi) is 6.70. The number of benzene rings is 2. The monoisotopic (exact) mass is 411 g/mol. The molecule has 148 valence electrons. The minimum absolute atomic E-state index is 0.153. The van der Waals surface area contributed by atoms with Crippen LogP contribution in [0.5, 0.6) is 5.75 Å². The molecule has 1 aromatic heterocycles. The van der Waals surface area contributed by atoms with Crippen molar-refractivity contribution in [2.45, 2.75) is 13.5 Å². The number of hydrazine groups is 1. The Bertz CT molecular complexity index is 1030. The molecule has 6 nitrogen and oxygen atoms in total. The average Bonchev–Trinajstić information content (AvgIpc) is 3.15. The molecule has 0 saturated carbocycles. The summed E-state index contributed by atoms with van der Waals surface area (Å²) in [6.45, 7) is 2.33. The summed E-state index contributed by atoms with van der Waals surface area (Å²) >= 11 is 1.57. The lowest BCUT2D eigenvalue weighted by Gasteiger charge is -2.06. The SMILES string of the molecule is Cc1nc(COc2ccc(/C=C/C(=O)NNC(=O)c3ccccc3F)cc2)cs1. The lowest BCUT2D eigenvalue weighted by Crippen LogP contribution is -2.41. The van der Waals surface area contributed by atoms with E-state index in [-0.39, 0.29) is 5.56 Å². The molecule has 3 rings (SSSR count). The van der Waals surface area contributed by atoms with Gasteiger partial charge in [0.05, 0.1) is 16.3 Å². The maximum Gasteiger partial charge on any atom is 0.272 e. The van der Waals surface area contributed by atoms with E-state index in [2.05, 4.69) is 15.8 Å². The van der Waals surface area contributed by atoms with Gasteiger partial charge in [0.25, 0.3) is 11.8 Å². The Balaban J connectivity index is 1.47. The molecule has 0 fully saturated rings. The van der Waals surface area contributed by atoms with Gasteiger partial charge < -0.3 is 4.74 Å². The van der Waals surface area contributed by atoms with E-state index in [1.165, 1.54) is 30.3 Å². The molecule has 2 amide bonds. The first-order valence-corrected chi connectivity index (χ1v) is 9.56. The summed E-state index contributed by atoms with van der Waals surface area (Å²) in [4.78, 5) is 28.0. The molecule has 2 aromatic carbocycles. The van der Waals surface area contributed by atoms with Crippen molar-refractivity contribution in [2.75, 3.05) is 0 Å². The first kappa shape index (κ1) is 20.2. The maximum absolute atomic E-state index is 13.5. The third-order valence-corrected chi connectivity index (χ3v) is 4.60. The molecular formula is C21H18FN3O3S. The van der Waals surface area contributed by atoms with E-state index in [0.29, 0.717) is 12.4 Å². The molecule has 0 aliphatic carbocycles. The van der Waals surface area contributed by atoms with Gasteiger partial charge in [-0.2, -0.15) is 0 Å². The second-order valence-corrected chi connectivity index (χ2v) is 7.03. The van der Waals surface area contributed by atoms with E-state index in [4.69, 9.17) is 4.74 Å². The number of hydrogen-bond donors (Lipinski definition) is 2. The normalized spacial score (nSPS) is 10.7. The number of halogens is 1. The first-order valence-electron chi connectivity index (χ1n) is 8.68. The second-order valence-electron chi connectivity index (χ2n) is 5.97. The van der Waals surface area contributed by atoms with Crippen LogP contribution in [-0.2, 0) is 11.4 Å². The summed E-state index contributed by atoms with van der Waals surface area (Å²) < 4.78 is 19.2. The molecule has 1 heterocycles. The van der Waals surface area contributed by atoms with Crippen LogP contribution in [0.25, 0.3) is 6.08 Å². The number of thiazole rings is 1. The van der Waals surface area contributed by atoms with Gasteiger partial charge in [0.1, 0.15) is 18.2 Å². The summed E-state index contributed by atoms with van der Waals surface area (Å²) in [5, 5.41) is 2.95. The van der Waals surface area contributed by atoms with Crippen molar-refractivity contribution in [3.05, 3.63) is 87.6 Å². The molecule has 0 spiro atoms. The number of hydrogen-bond acceptors (Lipinski definition) is 5. The molecule has 0 atom stereocenters. The number of amides is 2. The third-order valence-electron chi connectivity index (χ3n) is 3.78. The summed E-state index contributed by atoms with van der Waals surface area (Å²) in [6, 6.07) is 12.7. The van der Waals surface area contributed by atoms with Crippen LogP contribution in [0.1, 0.15) is 26.6 Å². The lowest BCUT2D eigenvalue weighted by molar-refractivity contribution is -0.117. The largest absolute Gasteiger partial charge is 0.487 e. The van der Waals surface area contributed by atoms with Crippen LogP contribution < -0.4 is 15.6 Å². The summed E-state index contributed by atoms with van der Waals surface area (Å²) in [6.07, 6.45) is 2.84. The predicted octanol–water partition coefficient (Wildman–Crippen LogP) is 3.64. The van der Waals surface area contributed by atoms with E-state index in [9.17, 15) is 14.0 Å². The number of ether oxygens (including phenoxy) is 1. The number of rotatable bonds is 6. The third kappa shape index (κ3) is 5.98. The zero-order chi connectivity index (χ0) is 20.6. The van der Waals surface area contributed by atoms with Gasteiger partial charge in [0.2, 0.25) is 0 Å². The number of aryl methyl sites for hydroxylation is 1. The van der Waals surface area contributed by atoms with Gasteiger partial charge in [-0.1, -0.05) is 24.3 Å². The average molecular weight is 411 g/mol. The van der Waals surface area contributed by atoms with Crippen molar-refractivity contribution in [1.82, 2.24) is 15.8 Å². The van der Waals surface area contributed by atoms with Crippen LogP contribution in [0.2, 0.25) is 0 Å². The van der Waals surface area contributed by atoms with Crippen LogP contribution in [0.15, 0.2) is 60.0 Å². The number of carbonyl (C=O) groups is 2. The molecule has 2 N–H and O–H groups in total. The molecule has 8 heteroatoms. The van der Waals surface area contributed by atoms with Crippen LogP contribution in [0.4, 0.5) is 4.39 Å². The number of nitrogens with one attached hydrogen (secondary N) is 2. The smallest absolute Gasteiger partial charge is 0.272 e. The van der Waals surface area contributed by atoms with Crippen molar-refractivity contribution >= 4 is 29.2 Å². The Morgan fingerprint density at radius 1 is 1.14 bits per heavy atom. The summed E-state index contributed by atoms with van der Waals surface area (Å²) in [5.41, 5.74) is 5.87. The molecule has 3 aromatic rings. The zero-order valence-corrected chi connectivity index (χ0v) is 16.3. The van der Waals surface area contributed by atoms with Crippen LogP contribution in [0, 0.1) is 12.7 Å². The fourth-order valence-corrected chi connectivity index (χ4v) is 2.95. The minimum Gasteiger partial charge on any atom is -0.487 e. The van der Waals surface area contributed by atoms with Gasteiger partial charge in [-0.15, -0.1) is 11.3 Å². The molecule has 0 bridgehead atoms. The highest BCUT2D eigenvalue weighted by Gasteiger charge is 2.10. The Morgan fingerprint density at radius 3 is 2.59 bits per heavy atom. The molecule has 0 aliphatic rings. The van der Waals surface area contributed by atoms with E-state index < -0.39 is 17.6 Å². The quantitative estimate of drug-likeness (QED) is 0.479. The Hall–Kier alpha value is -3.52. The van der Waals surface area contributed by atoms with Crippen molar-refractivity contribution in [1.29, 1.82) is 0 Å². The van der Waals surface area contributed by atoms with Gasteiger partial charge in [-0.05, 0) is 42.8 Å². The topological polar surface area (TPSA) is 80.3 Å². The molecule has 0 unspecified atom stereocenters. The molecule has 0 saturated heterocycles. The van der Waals surface area contributed by atoms with Crippen molar-refractivity contribution in [3.63, 3.8) is 0 Å². The van der Waals surface area contributed by atoms with E-state index >= 15 is 0 Å². The fourth-order valence-electron chi connectivity index (χ4n) is 2.35. The van der Waals surface area contributed by atoms with E-state index in [1.807, 2.05) is 12.3 Å². The summed E-state index contributed by atoms with van der Waals surface area (Å²) in [7, 11) is 0. The van der Waals surface area contributed by atoms with Gasteiger partial charge in [-0.3, -0.25) is 20.4 Å². The second kappa shape index (κ2) is 9.61. The number of nitrogens with zero attached hydrogens (tertiary/aromatic N) is 1. The van der Waals surface area contributed by atoms with Gasteiger partial charge in [-0.25, -0.2) is 9.37 Å². The Morgan fingerprint density at radius 2 is 1.90 bits per heavy atom. The fraction of sp³-hybridized carbons (Fsp3) is 0.0952. The number of carbonyl (C=O) groups excluding carboxylic acids is 2. The van der Waals surface area contributed by atoms with Crippen molar-refractivity contribution in [3.8, 4) is 5.75 Å². The van der Waals surface area contributed by atoms with Gasteiger partial charge in [0.15, 0.2) is 0 Å². The van der Waals surface area contributed by atoms with Crippen LogP contribution in [0.3, 0.4) is 0 Å². The molecule has 0 radical (unpaired) electrons. The maximum atomic E-state index is 13.5. The highest BCUT2D eigenvalue weighted by molar-refractivity contribution is 7.09. The highest BCUT2D eigenvalue weighted by Crippen LogP contribution is 2.16. The van der Waals surface area contributed by atoms with Crippen LogP contribution in [-0.4, -0.2) is 16.8 Å². The molecule has 29 heavy (non-hydrogen) atoms. The van der Waals surface area contributed by atoms with Gasteiger partial charge in [0, 0.05) is 11.5 Å². The summed E-state index contributed by atoms with van der Waals surface area (Å²) in [5.74, 6) is -1.26. The van der Waals surface area contributed by atoms with Crippen LogP contribution >= 0.6 is 11.3 Å². The first-order chi connectivity index (χ1) is 14.0. The predicted molar refractivity (Wildman–Crippen MR) is 109 cm³/mol. The van der Waals surface area contributed by atoms with Gasteiger partial charge >= 0.3 is 0 Å². The van der Waals surface area contributed by atoms with Crippen molar-refractivity contribution in [2.24, 2.45) is 0 Å². The number of aromatic nitrogens is 1. The highest BCUT2D eigenvalue weighted by atomic mass is 32.1. The minimum atomic E-state index is -0.735.